The number of nitrogens with one attached hydrogen (secondary N) is 2. The number of fused-ring (bicyclic) bond motifs is 3. The molecular weight excluding hydrogens is 264 g/mol. The third-order valence-corrected chi connectivity index (χ3v) is 4.69. The van der Waals surface area contributed by atoms with Crippen molar-refractivity contribution in [2.45, 2.75) is 24.8 Å². The molecular formula is C17H16N2O2. The molecule has 1 fully saturated rings. The molecule has 4 nitrogen and oxygen atoms in total. The zero-order valence-electron chi connectivity index (χ0n) is 11.5. The Labute approximate surface area is 122 Å². The minimum absolute atomic E-state index is 0.167. The SMILES string of the molecule is O=C(N[C@@H]1[C@@H]2CCc3ccccc3[C@H]21)c1ccc[nH]c1=O. The van der Waals surface area contributed by atoms with Gasteiger partial charge in [-0.2, -0.15) is 0 Å². The average molecular weight is 280 g/mol. The molecule has 106 valence electrons. The predicted octanol–water partition coefficient (Wildman–Crippen LogP) is 1.83. The van der Waals surface area contributed by atoms with Gasteiger partial charge in [0.2, 0.25) is 0 Å². The molecule has 2 N–H and O–H groups in total. The molecule has 0 bridgehead atoms. The van der Waals surface area contributed by atoms with Crippen LogP contribution in [0.1, 0.15) is 33.8 Å². The third kappa shape index (κ3) is 1.98. The van der Waals surface area contributed by atoms with Crippen molar-refractivity contribution in [2.75, 3.05) is 0 Å². The van der Waals surface area contributed by atoms with Crippen LogP contribution in [0.5, 0.6) is 0 Å². The number of hydrogen-bond acceptors (Lipinski definition) is 2. The number of aromatic amines is 1. The smallest absolute Gasteiger partial charge is 0.260 e. The van der Waals surface area contributed by atoms with Gasteiger partial charge in [-0.05, 0) is 42.0 Å². The number of amides is 1. The fourth-order valence-electron chi connectivity index (χ4n) is 3.59. The minimum Gasteiger partial charge on any atom is -0.348 e. The topological polar surface area (TPSA) is 62.0 Å². The average Bonchev–Trinajstić information content (AvgIpc) is 3.21. The van der Waals surface area contributed by atoms with Gasteiger partial charge < -0.3 is 10.3 Å². The highest BCUT2D eigenvalue weighted by Crippen LogP contribution is 2.54. The van der Waals surface area contributed by atoms with Crippen LogP contribution in [-0.4, -0.2) is 16.9 Å². The lowest BCUT2D eigenvalue weighted by Gasteiger charge is -2.13. The Balaban J connectivity index is 1.55. The fraction of sp³-hybridized carbons (Fsp3) is 0.294. The normalized spacial score (nSPS) is 25.6. The first-order chi connectivity index (χ1) is 10.3. The Morgan fingerprint density at radius 2 is 2.05 bits per heavy atom. The lowest BCUT2D eigenvalue weighted by atomic mass is 9.92. The summed E-state index contributed by atoms with van der Waals surface area (Å²) in [6.07, 6.45) is 3.72. The van der Waals surface area contributed by atoms with E-state index in [9.17, 15) is 9.59 Å². The van der Waals surface area contributed by atoms with E-state index < -0.39 is 0 Å². The number of aryl methyl sites for hydroxylation is 1. The molecule has 2 aromatic rings. The van der Waals surface area contributed by atoms with Crippen molar-refractivity contribution >= 4 is 5.91 Å². The monoisotopic (exact) mass is 280 g/mol. The van der Waals surface area contributed by atoms with E-state index in [0.717, 1.165) is 12.8 Å². The fourth-order valence-corrected chi connectivity index (χ4v) is 3.59. The number of pyridine rings is 1. The summed E-state index contributed by atoms with van der Waals surface area (Å²) in [5, 5.41) is 3.03. The van der Waals surface area contributed by atoms with Crippen LogP contribution >= 0.6 is 0 Å². The molecule has 4 heteroatoms. The molecule has 1 heterocycles. The maximum atomic E-state index is 12.2. The van der Waals surface area contributed by atoms with Gasteiger partial charge >= 0.3 is 0 Å². The summed E-state index contributed by atoms with van der Waals surface area (Å²) < 4.78 is 0. The van der Waals surface area contributed by atoms with Gasteiger partial charge in [-0.25, -0.2) is 0 Å². The van der Waals surface area contributed by atoms with Gasteiger partial charge in [0.25, 0.3) is 11.5 Å². The molecule has 2 aliphatic carbocycles. The first-order valence-corrected chi connectivity index (χ1v) is 7.32. The van der Waals surface area contributed by atoms with Gasteiger partial charge in [0.1, 0.15) is 5.56 Å². The molecule has 21 heavy (non-hydrogen) atoms. The second kappa shape index (κ2) is 4.58. The first-order valence-electron chi connectivity index (χ1n) is 7.32. The first kappa shape index (κ1) is 12.4. The number of rotatable bonds is 2. The quantitative estimate of drug-likeness (QED) is 0.881. The number of aromatic nitrogens is 1. The van der Waals surface area contributed by atoms with E-state index in [4.69, 9.17) is 0 Å². The van der Waals surface area contributed by atoms with Crippen molar-refractivity contribution in [3.05, 3.63) is 69.6 Å². The highest BCUT2D eigenvalue weighted by atomic mass is 16.2. The second-order valence-corrected chi connectivity index (χ2v) is 5.84. The number of hydrogen-bond donors (Lipinski definition) is 2. The Hall–Kier alpha value is -2.36. The van der Waals surface area contributed by atoms with Crippen molar-refractivity contribution in [2.24, 2.45) is 5.92 Å². The Morgan fingerprint density at radius 1 is 1.19 bits per heavy atom. The summed E-state index contributed by atoms with van der Waals surface area (Å²) in [7, 11) is 0. The van der Waals surface area contributed by atoms with E-state index in [2.05, 4.69) is 34.6 Å². The summed E-state index contributed by atoms with van der Waals surface area (Å²) in [6, 6.07) is 11.9. The lowest BCUT2D eigenvalue weighted by Crippen LogP contribution is -2.32. The largest absolute Gasteiger partial charge is 0.348 e. The Bertz CT molecular complexity index is 765. The molecule has 3 atom stereocenters. The van der Waals surface area contributed by atoms with Crippen LogP contribution in [0, 0.1) is 5.92 Å². The Kier molecular flexibility index (Phi) is 2.70. The van der Waals surface area contributed by atoms with Gasteiger partial charge in [-0.15, -0.1) is 0 Å². The zero-order chi connectivity index (χ0) is 14.4. The molecule has 0 spiro atoms. The molecule has 0 saturated heterocycles. The van der Waals surface area contributed by atoms with Gasteiger partial charge in [-0.3, -0.25) is 9.59 Å². The van der Waals surface area contributed by atoms with Gasteiger partial charge in [0, 0.05) is 18.2 Å². The molecule has 4 rings (SSSR count). The van der Waals surface area contributed by atoms with Crippen molar-refractivity contribution in [1.82, 2.24) is 10.3 Å². The highest BCUT2D eigenvalue weighted by Gasteiger charge is 2.53. The molecule has 1 aromatic carbocycles. The minimum atomic E-state index is -0.334. The third-order valence-electron chi connectivity index (χ3n) is 4.69. The van der Waals surface area contributed by atoms with Crippen LogP contribution in [0.2, 0.25) is 0 Å². The van der Waals surface area contributed by atoms with Crippen molar-refractivity contribution in [3.63, 3.8) is 0 Å². The van der Waals surface area contributed by atoms with Crippen LogP contribution in [-0.2, 0) is 6.42 Å². The maximum Gasteiger partial charge on any atom is 0.260 e. The molecule has 1 amide bonds. The predicted molar refractivity (Wildman–Crippen MR) is 79.3 cm³/mol. The van der Waals surface area contributed by atoms with Crippen LogP contribution in [0.25, 0.3) is 0 Å². The van der Waals surface area contributed by atoms with Crippen molar-refractivity contribution in [3.8, 4) is 0 Å². The number of H-pyrrole nitrogens is 1. The number of benzene rings is 1. The van der Waals surface area contributed by atoms with Crippen LogP contribution < -0.4 is 10.9 Å². The summed E-state index contributed by atoms with van der Waals surface area (Å²) in [5.41, 5.74) is 2.61. The lowest BCUT2D eigenvalue weighted by molar-refractivity contribution is 0.0947. The molecule has 1 aromatic heterocycles. The van der Waals surface area contributed by atoms with E-state index in [0.29, 0.717) is 11.8 Å². The van der Waals surface area contributed by atoms with Gasteiger partial charge in [-0.1, -0.05) is 24.3 Å². The summed E-state index contributed by atoms with van der Waals surface area (Å²) in [5.74, 6) is 0.669. The zero-order valence-corrected chi connectivity index (χ0v) is 11.5. The molecule has 2 aliphatic rings. The Morgan fingerprint density at radius 3 is 2.90 bits per heavy atom. The summed E-state index contributed by atoms with van der Waals surface area (Å²) in [4.78, 5) is 26.4. The second-order valence-electron chi connectivity index (χ2n) is 5.84. The summed E-state index contributed by atoms with van der Waals surface area (Å²) >= 11 is 0. The van der Waals surface area contributed by atoms with E-state index in [1.165, 1.54) is 17.3 Å². The van der Waals surface area contributed by atoms with Crippen LogP contribution in [0.3, 0.4) is 0 Å². The van der Waals surface area contributed by atoms with E-state index in [1.807, 2.05) is 0 Å². The van der Waals surface area contributed by atoms with Crippen LogP contribution in [0.4, 0.5) is 0 Å². The van der Waals surface area contributed by atoms with E-state index >= 15 is 0 Å². The van der Waals surface area contributed by atoms with Gasteiger partial charge in [0.15, 0.2) is 0 Å². The number of carbonyl (C=O) groups is 1. The molecule has 0 radical (unpaired) electrons. The molecule has 0 aliphatic heterocycles. The maximum absolute atomic E-state index is 12.2. The van der Waals surface area contributed by atoms with E-state index in [-0.39, 0.29) is 23.1 Å². The van der Waals surface area contributed by atoms with Gasteiger partial charge in [0.05, 0.1) is 0 Å². The molecule has 1 saturated carbocycles. The van der Waals surface area contributed by atoms with Crippen molar-refractivity contribution in [1.29, 1.82) is 0 Å². The highest BCUT2D eigenvalue weighted by molar-refractivity contribution is 5.94. The molecule has 0 unspecified atom stereocenters. The van der Waals surface area contributed by atoms with E-state index in [1.54, 1.807) is 12.1 Å². The number of carbonyl (C=O) groups excluding carboxylic acids is 1. The van der Waals surface area contributed by atoms with Crippen LogP contribution in [0.15, 0.2) is 47.4 Å². The summed E-state index contributed by atoms with van der Waals surface area (Å²) in [6.45, 7) is 0. The van der Waals surface area contributed by atoms with Crippen molar-refractivity contribution < 1.29 is 4.79 Å². The standard InChI is InChI=1S/C17H16N2O2/c20-16-13(6-3-9-18-16)17(21)19-15-12-8-7-10-4-1-2-5-11(10)14(12)15/h1-6,9,12,14-15H,7-8H2,(H,18,20)(H,19,21)/t12-,14-,15-/m1/s1.